The van der Waals surface area contributed by atoms with Gasteiger partial charge in [-0.3, -0.25) is 0 Å². The molecule has 0 aromatic heterocycles. The van der Waals surface area contributed by atoms with Crippen LogP contribution in [0.5, 0.6) is 0 Å². The van der Waals surface area contributed by atoms with Crippen molar-refractivity contribution in [2.24, 2.45) is 5.41 Å². The monoisotopic (exact) mass is 214 g/mol. The third kappa shape index (κ3) is 3.59. The fraction of sp³-hybridized carbons (Fsp3) is 0.833. The van der Waals surface area contributed by atoms with E-state index in [1.54, 1.807) is 6.08 Å². The van der Waals surface area contributed by atoms with Gasteiger partial charge in [0.1, 0.15) is 0 Å². The highest BCUT2D eigenvalue weighted by Gasteiger charge is 2.38. The van der Waals surface area contributed by atoms with Gasteiger partial charge in [-0.1, -0.05) is 13.0 Å². The van der Waals surface area contributed by atoms with Gasteiger partial charge in [0, 0.05) is 5.41 Å². The highest BCUT2D eigenvalue weighted by Crippen LogP contribution is 2.32. The average molecular weight is 214 g/mol. The van der Waals surface area contributed by atoms with Crippen LogP contribution >= 0.6 is 0 Å². The first-order valence-corrected chi connectivity index (χ1v) is 5.50. The Kier molecular flexibility index (Phi) is 4.32. The molecule has 3 heteroatoms. The summed E-state index contributed by atoms with van der Waals surface area (Å²) in [4.78, 5) is 0. The van der Waals surface area contributed by atoms with Gasteiger partial charge in [0.25, 0.3) is 0 Å². The van der Waals surface area contributed by atoms with Crippen LogP contribution in [0.15, 0.2) is 12.7 Å². The van der Waals surface area contributed by atoms with E-state index in [0.717, 1.165) is 6.42 Å². The molecule has 3 nitrogen and oxygen atoms in total. The molecule has 0 atom stereocenters. The quantitative estimate of drug-likeness (QED) is 0.519. The highest BCUT2D eigenvalue weighted by atomic mass is 16.7. The summed E-state index contributed by atoms with van der Waals surface area (Å²) in [5.41, 5.74) is 0.0124. The average Bonchev–Trinajstić information content (AvgIpc) is 2.22. The van der Waals surface area contributed by atoms with Crippen LogP contribution in [0.2, 0.25) is 0 Å². The molecule has 0 aromatic carbocycles. The van der Waals surface area contributed by atoms with E-state index in [1.165, 1.54) is 0 Å². The molecule has 1 aliphatic heterocycles. The van der Waals surface area contributed by atoms with Gasteiger partial charge in [0.2, 0.25) is 0 Å². The van der Waals surface area contributed by atoms with E-state index in [-0.39, 0.29) is 5.41 Å². The summed E-state index contributed by atoms with van der Waals surface area (Å²) in [5.74, 6) is -0.447. The van der Waals surface area contributed by atoms with Crippen molar-refractivity contribution < 1.29 is 14.2 Å². The third-order valence-electron chi connectivity index (χ3n) is 2.85. The molecule has 1 heterocycles. The summed E-state index contributed by atoms with van der Waals surface area (Å²) in [6.07, 6.45) is 2.76. The van der Waals surface area contributed by atoms with Gasteiger partial charge in [-0.25, -0.2) is 0 Å². The third-order valence-corrected chi connectivity index (χ3v) is 2.85. The van der Waals surface area contributed by atoms with Gasteiger partial charge < -0.3 is 14.2 Å². The maximum Gasteiger partial charge on any atom is 0.162 e. The Morgan fingerprint density at radius 3 is 2.40 bits per heavy atom. The lowest BCUT2D eigenvalue weighted by Gasteiger charge is -2.42. The van der Waals surface area contributed by atoms with Crippen molar-refractivity contribution in [2.75, 3.05) is 26.4 Å². The van der Waals surface area contributed by atoms with Crippen molar-refractivity contribution in [3.05, 3.63) is 12.7 Å². The molecule has 0 N–H and O–H groups in total. The molecule has 0 saturated carbocycles. The molecule has 0 spiro atoms. The summed E-state index contributed by atoms with van der Waals surface area (Å²) < 4.78 is 16.9. The van der Waals surface area contributed by atoms with Crippen molar-refractivity contribution in [3.8, 4) is 0 Å². The molecule has 0 aromatic rings. The van der Waals surface area contributed by atoms with Crippen LogP contribution in [-0.4, -0.2) is 32.2 Å². The molecule has 0 aliphatic carbocycles. The van der Waals surface area contributed by atoms with Gasteiger partial charge >= 0.3 is 0 Å². The first-order valence-electron chi connectivity index (χ1n) is 5.50. The second-order valence-electron chi connectivity index (χ2n) is 4.63. The van der Waals surface area contributed by atoms with Crippen LogP contribution < -0.4 is 0 Å². The molecule has 0 unspecified atom stereocenters. The molecule has 88 valence electrons. The molecule has 0 radical (unpaired) electrons. The van der Waals surface area contributed by atoms with E-state index in [2.05, 4.69) is 13.5 Å². The van der Waals surface area contributed by atoms with E-state index in [0.29, 0.717) is 26.4 Å². The molecular formula is C12H22O3. The minimum absolute atomic E-state index is 0.0124. The Morgan fingerprint density at radius 2 is 1.93 bits per heavy atom. The normalized spacial score (nSPS) is 23.7. The van der Waals surface area contributed by atoms with Crippen LogP contribution in [0, 0.1) is 5.41 Å². The van der Waals surface area contributed by atoms with Gasteiger partial charge in [-0.05, 0) is 20.3 Å². The topological polar surface area (TPSA) is 27.7 Å². The first-order chi connectivity index (χ1) is 7.04. The van der Waals surface area contributed by atoms with Gasteiger partial charge in [0.05, 0.1) is 26.4 Å². The van der Waals surface area contributed by atoms with E-state index in [9.17, 15) is 0 Å². The lowest BCUT2D eigenvalue weighted by atomic mass is 9.87. The zero-order valence-electron chi connectivity index (χ0n) is 10.0. The molecule has 15 heavy (non-hydrogen) atoms. The number of ether oxygens (including phenoxy) is 3. The van der Waals surface area contributed by atoms with Crippen molar-refractivity contribution in [1.82, 2.24) is 0 Å². The molecular weight excluding hydrogens is 192 g/mol. The largest absolute Gasteiger partial charge is 0.377 e. The fourth-order valence-electron chi connectivity index (χ4n) is 1.49. The summed E-state index contributed by atoms with van der Waals surface area (Å²) in [7, 11) is 0. The Balaban J connectivity index is 2.44. The predicted octanol–water partition coefficient (Wildman–Crippen LogP) is 2.37. The van der Waals surface area contributed by atoms with Gasteiger partial charge in [0.15, 0.2) is 5.79 Å². The van der Waals surface area contributed by atoms with Crippen LogP contribution in [0.3, 0.4) is 0 Å². The number of hydrogen-bond acceptors (Lipinski definition) is 3. The molecule has 0 bridgehead atoms. The maximum absolute atomic E-state index is 5.67. The van der Waals surface area contributed by atoms with Crippen LogP contribution in [0.25, 0.3) is 0 Å². The van der Waals surface area contributed by atoms with Crippen molar-refractivity contribution >= 4 is 0 Å². The SMILES string of the molecule is C=CCOCC1(CC)COC(C)(C)OC1. The second-order valence-corrected chi connectivity index (χ2v) is 4.63. The zero-order valence-corrected chi connectivity index (χ0v) is 10.0. The Labute approximate surface area is 92.4 Å². The summed E-state index contributed by atoms with van der Waals surface area (Å²) in [6.45, 7) is 12.3. The van der Waals surface area contributed by atoms with Crippen molar-refractivity contribution in [3.63, 3.8) is 0 Å². The predicted molar refractivity (Wildman–Crippen MR) is 59.7 cm³/mol. The van der Waals surface area contributed by atoms with Gasteiger partial charge in [-0.15, -0.1) is 6.58 Å². The Morgan fingerprint density at radius 1 is 1.33 bits per heavy atom. The van der Waals surface area contributed by atoms with Crippen molar-refractivity contribution in [2.45, 2.75) is 33.0 Å². The smallest absolute Gasteiger partial charge is 0.162 e. The van der Waals surface area contributed by atoms with Crippen LogP contribution in [-0.2, 0) is 14.2 Å². The second kappa shape index (κ2) is 5.10. The molecule has 1 saturated heterocycles. The molecule has 1 aliphatic rings. The summed E-state index contributed by atoms with van der Waals surface area (Å²) >= 11 is 0. The Bertz CT molecular complexity index is 201. The highest BCUT2D eigenvalue weighted by molar-refractivity contribution is 4.82. The van der Waals surface area contributed by atoms with E-state index in [4.69, 9.17) is 14.2 Å². The van der Waals surface area contributed by atoms with E-state index >= 15 is 0 Å². The van der Waals surface area contributed by atoms with E-state index in [1.807, 2.05) is 13.8 Å². The minimum atomic E-state index is -0.447. The lowest BCUT2D eigenvalue weighted by Crippen LogP contribution is -2.48. The van der Waals surface area contributed by atoms with Gasteiger partial charge in [-0.2, -0.15) is 0 Å². The molecule has 1 rings (SSSR count). The van der Waals surface area contributed by atoms with E-state index < -0.39 is 5.79 Å². The fourth-order valence-corrected chi connectivity index (χ4v) is 1.49. The summed E-state index contributed by atoms with van der Waals surface area (Å²) in [6, 6.07) is 0. The molecule has 1 fully saturated rings. The molecule has 0 amide bonds. The van der Waals surface area contributed by atoms with Crippen LogP contribution in [0.4, 0.5) is 0 Å². The number of rotatable bonds is 5. The maximum atomic E-state index is 5.67. The van der Waals surface area contributed by atoms with Crippen LogP contribution in [0.1, 0.15) is 27.2 Å². The lowest BCUT2D eigenvalue weighted by molar-refractivity contribution is -0.292. The van der Waals surface area contributed by atoms with Crippen molar-refractivity contribution in [1.29, 1.82) is 0 Å². The number of hydrogen-bond donors (Lipinski definition) is 0. The first kappa shape index (κ1) is 12.7. The standard InChI is InChI=1S/C12H22O3/c1-5-7-13-8-12(6-2)9-14-11(3,4)15-10-12/h5H,1,6-10H2,2-4H3. The summed E-state index contributed by atoms with van der Waals surface area (Å²) in [5, 5.41) is 0. The zero-order chi connectivity index (χ0) is 11.4. The Hall–Kier alpha value is -0.380. The minimum Gasteiger partial charge on any atom is -0.377 e.